The van der Waals surface area contributed by atoms with E-state index in [0.29, 0.717) is 0 Å². The highest BCUT2D eigenvalue weighted by Gasteiger charge is 2.07. The van der Waals surface area contributed by atoms with Gasteiger partial charge in [0.25, 0.3) is 0 Å². The predicted molar refractivity (Wildman–Crippen MR) is 75.7 cm³/mol. The summed E-state index contributed by atoms with van der Waals surface area (Å²) in [5.41, 5.74) is 1.90. The summed E-state index contributed by atoms with van der Waals surface area (Å²) in [4.78, 5) is 11.5. The molecule has 0 amide bonds. The number of benzene rings is 1. The summed E-state index contributed by atoms with van der Waals surface area (Å²) in [5, 5.41) is 5.06. The molecule has 0 aliphatic carbocycles. The van der Waals surface area contributed by atoms with Gasteiger partial charge in [-0.1, -0.05) is 36.4 Å². The Morgan fingerprint density at radius 2 is 2.00 bits per heavy atom. The van der Waals surface area contributed by atoms with E-state index >= 15 is 0 Å². The van der Waals surface area contributed by atoms with Crippen molar-refractivity contribution >= 4 is 29.8 Å². The van der Waals surface area contributed by atoms with Crippen LogP contribution in [-0.2, 0) is 0 Å². The van der Waals surface area contributed by atoms with Gasteiger partial charge in [0.2, 0.25) is 5.91 Å². The Balaban J connectivity index is 2.31. The van der Waals surface area contributed by atoms with Gasteiger partial charge in [0.1, 0.15) is 5.03 Å². The largest absolute Gasteiger partial charge is 0.273 e. The fraction of sp³-hybridized carbons (Fsp3) is 0.143. The first-order valence-electron chi connectivity index (χ1n) is 5.59. The quantitative estimate of drug-likeness (QED) is 0.791. The molecule has 0 saturated heterocycles. The molecule has 0 atom stereocenters. The SMILES string of the molecule is CSc1cc(/C=C/c2ccccc2)n(C(C)=O)n1. The highest BCUT2D eigenvalue weighted by molar-refractivity contribution is 7.98. The van der Waals surface area contributed by atoms with E-state index in [9.17, 15) is 4.79 Å². The summed E-state index contributed by atoms with van der Waals surface area (Å²) in [6.07, 6.45) is 5.82. The van der Waals surface area contributed by atoms with Crippen molar-refractivity contribution in [1.82, 2.24) is 9.78 Å². The maximum atomic E-state index is 11.5. The number of carbonyl (C=O) groups is 1. The van der Waals surface area contributed by atoms with Crippen LogP contribution >= 0.6 is 11.8 Å². The Morgan fingerprint density at radius 1 is 1.28 bits per heavy atom. The molecule has 0 aliphatic rings. The zero-order valence-electron chi connectivity index (χ0n) is 10.3. The number of rotatable bonds is 3. The molecule has 1 heterocycles. The first-order valence-corrected chi connectivity index (χ1v) is 6.81. The van der Waals surface area contributed by atoms with E-state index in [2.05, 4.69) is 5.10 Å². The van der Waals surface area contributed by atoms with E-state index in [1.165, 1.54) is 23.4 Å². The molecule has 2 aromatic rings. The van der Waals surface area contributed by atoms with Crippen molar-refractivity contribution < 1.29 is 4.79 Å². The topological polar surface area (TPSA) is 34.9 Å². The molecule has 0 bridgehead atoms. The minimum atomic E-state index is -0.0805. The Morgan fingerprint density at radius 3 is 2.61 bits per heavy atom. The first kappa shape index (κ1) is 12.6. The van der Waals surface area contributed by atoms with Crippen LogP contribution in [0.2, 0.25) is 0 Å². The maximum Gasteiger partial charge on any atom is 0.244 e. The molecular formula is C14H14N2OS. The van der Waals surface area contributed by atoms with Crippen LogP contribution in [0.1, 0.15) is 23.0 Å². The second-order valence-corrected chi connectivity index (χ2v) is 4.61. The molecule has 92 valence electrons. The summed E-state index contributed by atoms with van der Waals surface area (Å²) < 4.78 is 1.42. The predicted octanol–water partition coefficient (Wildman–Crippen LogP) is 3.44. The lowest BCUT2D eigenvalue weighted by Gasteiger charge is -1.97. The number of aromatic nitrogens is 2. The average molecular weight is 258 g/mol. The second-order valence-electron chi connectivity index (χ2n) is 3.79. The summed E-state index contributed by atoms with van der Waals surface area (Å²) in [6, 6.07) is 11.9. The molecule has 0 fully saturated rings. The minimum absolute atomic E-state index is 0.0805. The van der Waals surface area contributed by atoms with E-state index in [1.807, 2.05) is 54.8 Å². The third kappa shape index (κ3) is 2.90. The van der Waals surface area contributed by atoms with Gasteiger partial charge >= 0.3 is 0 Å². The van der Waals surface area contributed by atoms with Crippen molar-refractivity contribution in [3.63, 3.8) is 0 Å². The van der Waals surface area contributed by atoms with Crippen LogP contribution in [0.5, 0.6) is 0 Å². The number of hydrogen-bond acceptors (Lipinski definition) is 3. The van der Waals surface area contributed by atoms with Crippen molar-refractivity contribution in [1.29, 1.82) is 0 Å². The van der Waals surface area contributed by atoms with Gasteiger partial charge in [-0.25, -0.2) is 0 Å². The number of thioether (sulfide) groups is 1. The van der Waals surface area contributed by atoms with Gasteiger partial charge in [-0.2, -0.15) is 9.78 Å². The summed E-state index contributed by atoms with van der Waals surface area (Å²) in [5.74, 6) is -0.0805. The summed E-state index contributed by atoms with van der Waals surface area (Å²) >= 11 is 1.52. The molecule has 0 aliphatic heterocycles. The number of hydrogen-bond donors (Lipinski definition) is 0. The molecule has 0 spiro atoms. The van der Waals surface area contributed by atoms with Gasteiger partial charge in [-0.15, -0.1) is 11.8 Å². The zero-order chi connectivity index (χ0) is 13.0. The average Bonchev–Trinajstić information content (AvgIpc) is 2.81. The molecule has 1 aromatic carbocycles. The van der Waals surface area contributed by atoms with Crippen molar-refractivity contribution in [3.8, 4) is 0 Å². The van der Waals surface area contributed by atoms with E-state index in [0.717, 1.165) is 16.3 Å². The lowest BCUT2D eigenvalue weighted by atomic mass is 10.2. The maximum absolute atomic E-state index is 11.5. The Hall–Kier alpha value is -1.81. The highest BCUT2D eigenvalue weighted by atomic mass is 32.2. The molecule has 0 unspecified atom stereocenters. The van der Waals surface area contributed by atoms with Crippen LogP contribution in [0.3, 0.4) is 0 Å². The fourth-order valence-electron chi connectivity index (χ4n) is 1.59. The second kappa shape index (κ2) is 5.69. The molecule has 1 aromatic heterocycles. The van der Waals surface area contributed by atoms with E-state index in [1.54, 1.807) is 0 Å². The Kier molecular flexibility index (Phi) is 3.99. The first-order chi connectivity index (χ1) is 8.70. The van der Waals surface area contributed by atoms with Crippen LogP contribution in [0.25, 0.3) is 12.2 Å². The van der Waals surface area contributed by atoms with E-state index in [4.69, 9.17) is 0 Å². The molecule has 3 nitrogen and oxygen atoms in total. The third-order valence-corrected chi connectivity index (χ3v) is 3.09. The van der Waals surface area contributed by atoms with Gasteiger partial charge < -0.3 is 0 Å². The lowest BCUT2D eigenvalue weighted by Crippen LogP contribution is -2.09. The van der Waals surface area contributed by atoms with Crippen LogP contribution in [-0.4, -0.2) is 21.9 Å². The van der Waals surface area contributed by atoms with E-state index in [-0.39, 0.29) is 5.91 Å². The van der Waals surface area contributed by atoms with Crippen molar-refractivity contribution in [2.45, 2.75) is 11.9 Å². The van der Waals surface area contributed by atoms with Crippen LogP contribution in [0.4, 0.5) is 0 Å². The van der Waals surface area contributed by atoms with Crippen LogP contribution in [0, 0.1) is 0 Å². The van der Waals surface area contributed by atoms with Crippen molar-refractivity contribution in [3.05, 3.63) is 47.7 Å². The summed E-state index contributed by atoms with van der Waals surface area (Å²) in [7, 11) is 0. The molecule has 0 radical (unpaired) electrons. The van der Waals surface area contributed by atoms with Gasteiger partial charge in [-0.05, 0) is 24.0 Å². The summed E-state index contributed by atoms with van der Waals surface area (Å²) in [6.45, 7) is 1.51. The van der Waals surface area contributed by atoms with Crippen molar-refractivity contribution in [2.24, 2.45) is 0 Å². The standard InChI is InChI=1S/C14H14N2OS/c1-11(17)16-13(10-14(15-16)18-2)9-8-12-6-4-3-5-7-12/h3-10H,1-2H3/b9-8+. The van der Waals surface area contributed by atoms with Gasteiger partial charge in [0.05, 0.1) is 5.69 Å². The molecule has 18 heavy (non-hydrogen) atoms. The van der Waals surface area contributed by atoms with Crippen LogP contribution < -0.4 is 0 Å². The zero-order valence-corrected chi connectivity index (χ0v) is 11.1. The van der Waals surface area contributed by atoms with Crippen LogP contribution in [0.15, 0.2) is 41.4 Å². The van der Waals surface area contributed by atoms with Gasteiger partial charge in [0.15, 0.2) is 0 Å². The fourth-order valence-corrected chi connectivity index (χ4v) is 1.99. The Bertz CT molecular complexity index is 573. The smallest absolute Gasteiger partial charge is 0.244 e. The monoisotopic (exact) mass is 258 g/mol. The van der Waals surface area contributed by atoms with Gasteiger partial charge in [0, 0.05) is 6.92 Å². The number of nitrogens with zero attached hydrogens (tertiary/aromatic N) is 2. The highest BCUT2D eigenvalue weighted by Crippen LogP contribution is 2.16. The molecular weight excluding hydrogens is 244 g/mol. The number of carbonyl (C=O) groups excluding carboxylic acids is 1. The van der Waals surface area contributed by atoms with E-state index < -0.39 is 0 Å². The normalized spacial score (nSPS) is 11.0. The molecule has 4 heteroatoms. The Labute approximate surface area is 111 Å². The molecule has 2 rings (SSSR count). The van der Waals surface area contributed by atoms with Gasteiger partial charge in [-0.3, -0.25) is 4.79 Å². The third-order valence-electron chi connectivity index (χ3n) is 2.47. The lowest BCUT2D eigenvalue weighted by molar-refractivity contribution is 0.0919. The molecule has 0 N–H and O–H groups in total. The van der Waals surface area contributed by atoms with Crippen molar-refractivity contribution in [2.75, 3.05) is 6.26 Å². The molecule has 0 saturated carbocycles. The minimum Gasteiger partial charge on any atom is -0.273 e.